The van der Waals surface area contributed by atoms with E-state index in [9.17, 15) is 18.0 Å². The van der Waals surface area contributed by atoms with Gasteiger partial charge in [-0.05, 0) is 53.8 Å². The molecule has 0 aliphatic carbocycles. The quantitative estimate of drug-likeness (QED) is 0.153. The molecule has 5 N–H and O–H groups in total. The van der Waals surface area contributed by atoms with Crippen LogP contribution in [0.5, 0.6) is 0 Å². The summed E-state index contributed by atoms with van der Waals surface area (Å²) in [6, 6.07) is 23.1. The molecule has 9 nitrogen and oxygen atoms in total. The molecule has 0 saturated heterocycles. The summed E-state index contributed by atoms with van der Waals surface area (Å²) in [5.41, 5.74) is 12.9. The normalized spacial score (nSPS) is 11.8. The SMILES string of the molecule is Nc1cc2ccccc2c(C#Cc2ccc(C(=O)OC(=O)C[C@@H](N)NS(=O)(=O)c3ccccc3)cc2)n1. The molecule has 0 unspecified atom stereocenters. The predicted molar refractivity (Wildman–Crippen MR) is 138 cm³/mol. The zero-order valence-corrected chi connectivity index (χ0v) is 20.2. The van der Waals surface area contributed by atoms with E-state index in [1.807, 2.05) is 24.3 Å². The van der Waals surface area contributed by atoms with E-state index in [2.05, 4.69) is 21.5 Å². The van der Waals surface area contributed by atoms with Crippen LogP contribution in [0.3, 0.4) is 0 Å². The zero-order valence-electron chi connectivity index (χ0n) is 19.4. The number of aromatic nitrogens is 1. The molecule has 0 aliphatic rings. The molecule has 0 amide bonds. The van der Waals surface area contributed by atoms with Gasteiger partial charge >= 0.3 is 11.9 Å². The lowest BCUT2D eigenvalue weighted by Gasteiger charge is -2.13. The average molecular weight is 515 g/mol. The van der Waals surface area contributed by atoms with E-state index >= 15 is 0 Å². The van der Waals surface area contributed by atoms with Gasteiger partial charge in [-0.3, -0.25) is 4.79 Å². The molecular weight excluding hydrogens is 492 g/mol. The highest BCUT2D eigenvalue weighted by atomic mass is 32.2. The van der Waals surface area contributed by atoms with Crippen LogP contribution in [-0.2, 0) is 19.6 Å². The highest BCUT2D eigenvalue weighted by Gasteiger charge is 2.21. The number of hydrogen-bond donors (Lipinski definition) is 3. The maximum absolute atomic E-state index is 12.3. The van der Waals surface area contributed by atoms with Crippen LogP contribution in [0.25, 0.3) is 10.8 Å². The van der Waals surface area contributed by atoms with Gasteiger partial charge in [-0.25, -0.2) is 18.2 Å². The second-order valence-corrected chi connectivity index (χ2v) is 9.66. The monoisotopic (exact) mass is 514 g/mol. The van der Waals surface area contributed by atoms with Crippen LogP contribution in [0.4, 0.5) is 5.82 Å². The third-order valence-electron chi connectivity index (χ3n) is 5.16. The summed E-state index contributed by atoms with van der Waals surface area (Å²) >= 11 is 0. The van der Waals surface area contributed by atoms with Crippen LogP contribution in [0.15, 0.2) is 89.8 Å². The molecule has 0 spiro atoms. The molecule has 0 saturated carbocycles. The van der Waals surface area contributed by atoms with Gasteiger partial charge in [-0.2, -0.15) is 4.72 Å². The number of carbonyl (C=O) groups is 2. The fraction of sp³-hybridized carbons (Fsp3) is 0.0741. The maximum atomic E-state index is 12.3. The number of nitrogens with two attached hydrogens (primary N) is 2. The van der Waals surface area contributed by atoms with Crippen molar-refractivity contribution in [3.05, 3.63) is 102 Å². The number of nitrogens with zero attached hydrogens (tertiary/aromatic N) is 1. The summed E-state index contributed by atoms with van der Waals surface area (Å²) in [5.74, 6) is 4.46. The number of ether oxygens (including phenoxy) is 1. The molecule has 4 aromatic rings. The summed E-state index contributed by atoms with van der Waals surface area (Å²) in [6.07, 6.45) is -1.82. The Hall–Kier alpha value is -4.56. The molecule has 1 aromatic heterocycles. The van der Waals surface area contributed by atoms with E-state index in [1.54, 1.807) is 36.4 Å². The van der Waals surface area contributed by atoms with Crippen LogP contribution < -0.4 is 16.2 Å². The van der Waals surface area contributed by atoms with Gasteiger partial charge in [-0.15, -0.1) is 0 Å². The van der Waals surface area contributed by atoms with E-state index in [1.165, 1.54) is 24.3 Å². The number of carbonyl (C=O) groups excluding carboxylic acids is 2. The molecule has 1 atom stereocenters. The van der Waals surface area contributed by atoms with Crippen LogP contribution in [0.1, 0.15) is 28.0 Å². The Balaban J connectivity index is 1.37. The summed E-state index contributed by atoms with van der Waals surface area (Å²) in [7, 11) is -3.92. The van der Waals surface area contributed by atoms with E-state index < -0.39 is 34.5 Å². The van der Waals surface area contributed by atoms with Crippen molar-refractivity contribution in [2.75, 3.05) is 5.73 Å². The third-order valence-corrected chi connectivity index (χ3v) is 6.67. The highest BCUT2D eigenvalue weighted by molar-refractivity contribution is 7.89. The van der Waals surface area contributed by atoms with Crippen molar-refractivity contribution < 1.29 is 22.7 Å². The fourth-order valence-electron chi connectivity index (χ4n) is 3.43. The maximum Gasteiger partial charge on any atom is 0.345 e. The first-order chi connectivity index (χ1) is 17.7. The van der Waals surface area contributed by atoms with Gasteiger partial charge in [0, 0.05) is 10.9 Å². The third kappa shape index (κ3) is 6.56. The first kappa shape index (κ1) is 25.5. The van der Waals surface area contributed by atoms with Crippen molar-refractivity contribution >= 4 is 38.6 Å². The summed E-state index contributed by atoms with van der Waals surface area (Å²) in [5, 5.41) is 1.79. The minimum absolute atomic E-state index is 0.00205. The smallest absolute Gasteiger partial charge is 0.345 e. The van der Waals surface area contributed by atoms with E-state index in [0.717, 1.165) is 10.8 Å². The van der Waals surface area contributed by atoms with Gasteiger partial charge in [-0.1, -0.05) is 48.4 Å². The van der Waals surface area contributed by atoms with Crippen molar-refractivity contribution in [2.24, 2.45) is 5.73 Å². The summed E-state index contributed by atoms with van der Waals surface area (Å²) in [6.45, 7) is 0. The van der Waals surface area contributed by atoms with E-state index in [0.29, 0.717) is 17.1 Å². The minimum Gasteiger partial charge on any atom is -0.389 e. The number of esters is 2. The van der Waals surface area contributed by atoms with Gasteiger partial charge in [0.1, 0.15) is 11.5 Å². The molecule has 10 heteroatoms. The molecule has 0 radical (unpaired) electrons. The number of fused-ring (bicyclic) bond motifs is 1. The van der Waals surface area contributed by atoms with Gasteiger partial charge in [0.15, 0.2) is 0 Å². The summed E-state index contributed by atoms with van der Waals surface area (Å²) in [4.78, 5) is 28.8. The largest absolute Gasteiger partial charge is 0.389 e. The first-order valence-electron chi connectivity index (χ1n) is 11.1. The molecule has 0 fully saturated rings. The van der Waals surface area contributed by atoms with Crippen LogP contribution in [-0.4, -0.2) is 31.5 Å². The minimum atomic E-state index is -3.92. The molecule has 0 aliphatic heterocycles. The molecule has 0 bridgehead atoms. The molecule has 186 valence electrons. The standard InChI is InChI=1S/C27H22N4O5S/c28-24-16-20-6-4-5-9-22(20)23(30-24)15-12-18-10-13-19(14-11-18)27(33)36-26(32)17-25(29)31-37(34,35)21-7-2-1-3-8-21/h1-11,13-14,16,25,31H,17,29H2,(H2,28,30)/t25-/m0/s1. The summed E-state index contributed by atoms with van der Waals surface area (Å²) < 4.78 is 31.6. The Labute approximate surface area is 213 Å². The van der Waals surface area contributed by atoms with E-state index in [-0.39, 0.29) is 10.5 Å². The molecule has 37 heavy (non-hydrogen) atoms. The number of anilines is 1. The first-order valence-corrected chi connectivity index (χ1v) is 12.5. The lowest BCUT2D eigenvalue weighted by Crippen LogP contribution is -2.43. The van der Waals surface area contributed by atoms with Gasteiger partial charge in [0.05, 0.1) is 23.0 Å². The number of rotatable bonds is 6. The van der Waals surface area contributed by atoms with Crippen LogP contribution >= 0.6 is 0 Å². The van der Waals surface area contributed by atoms with Crippen molar-refractivity contribution in [2.45, 2.75) is 17.5 Å². The molecule has 3 aromatic carbocycles. The number of pyridine rings is 1. The molecule has 4 rings (SSSR count). The second-order valence-electron chi connectivity index (χ2n) is 7.95. The Kier molecular flexibility index (Phi) is 7.60. The number of nitrogen functional groups attached to an aromatic ring is 1. The Morgan fingerprint density at radius 1 is 0.946 bits per heavy atom. The van der Waals surface area contributed by atoms with Crippen LogP contribution in [0, 0.1) is 11.8 Å². The topological polar surface area (TPSA) is 154 Å². The number of benzene rings is 3. The highest BCUT2D eigenvalue weighted by Crippen LogP contribution is 2.19. The van der Waals surface area contributed by atoms with Gasteiger partial charge in [0.2, 0.25) is 10.0 Å². The lowest BCUT2D eigenvalue weighted by molar-refractivity contribution is -0.138. The van der Waals surface area contributed by atoms with Crippen molar-refractivity contribution in [1.82, 2.24) is 9.71 Å². The van der Waals surface area contributed by atoms with Gasteiger partial charge < -0.3 is 16.2 Å². The lowest BCUT2D eigenvalue weighted by atomic mass is 10.1. The number of sulfonamides is 1. The van der Waals surface area contributed by atoms with Crippen LogP contribution in [0.2, 0.25) is 0 Å². The molecule has 1 heterocycles. The Morgan fingerprint density at radius 3 is 2.35 bits per heavy atom. The zero-order chi connectivity index (χ0) is 26.4. The average Bonchev–Trinajstić information content (AvgIpc) is 2.87. The Morgan fingerprint density at radius 2 is 1.62 bits per heavy atom. The van der Waals surface area contributed by atoms with E-state index in [4.69, 9.17) is 16.2 Å². The second kappa shape index (κ2) is 11.0. The van der Waals surface area contributed by atoms with Crippen molar-refractivity contribution in [3.8, 4) is 11.8 Å². The van der Waals surface area contributed by atoms with Gasteiger partial charge in [0.25, 0.3) is 0 Å². The predicted octanol–water partition coefficient (Wildman–Crippen LogP) is 2.55. The Bertz CT molecular complexity index is 1630. The number of hydrogen-bond acceptors (Lipinski definition) is 8. The molecular formula is C27H22N4O5S. The fourth-order valence-corrected chi connectivity index (χ4v) is 4.56. The van der Waals surface area contributed by atoms with Crippen molar-refractivity contribution in [1.29, 1.82) is 0 Å². The number of nitrogens with one attached hydrogen (secondary N) is 1. The van der Waals surface area contributed by atoms with Crippen molar-refractivity contribution in [3.63, 3.8) is 0 Å².